The van der Waals surface area contributed by atoms with Crippen molar-refractivity contribution in [2.45, 2.75) is 27.2 Å². The van der Waals surface area contributed by atoms with Crippen molar-refractivity contribution in [3.63, 3.8) is 0 Å². The van der Waals surface area contributed by atoms with Gasteiger partial charge in [0.15, 0.2) is 0 Å². The van der Waals surface area contributed by atoms with E-state index in [9.17, 15) is 4.79 Å². The zero-order chi connectivity index (χ0) is 18.5. The summed E-state index contributed by atoms with van der Waals surface area (Å²) in [7, 11) is 0. The van der Waals surface area contributed by atoms with Crippen LogP contribution in [0, 0.1) is 6.92 Å². The van der Waals surface area contributed by atoms with Crippen molar-refractivity contribution in [2.75, 3.05) is 42.9 Å². The second-order valence-corrected chi connectivity index (χ2v) is 6.74. The number of anilines is 2. The fraction of sp³-hybridized carbons (Fsp3) is 0.429. The van der Waals surface area contributed by atoms with Gasteiger partial charge in [-0.15, -0.1) is 0 Å². The molecule has 1 fully saturated rings. The minimum absolute atomic E-state index is 0.150. The van der Waals surface area contributed by atoms with Gasteiger partial charge in [-0.05, 0) is 43.1 Å². The van der Waals surface area contributed by atoms with E-state index in [1.165, 1.54) is 0 Å². The number of aryl methyl sites for hydroxylation is 2. The third-order valence-electron chi connectivity index (χ3n) is 5.14. The van der Waals surface area contributed by atoms with Crippen LogP contribution in [0.3, 0.4) is 0 Å². The van der Waals surface area contributed by atoms with Crippen LogP contribution in [-0.2, 0) is 6.42 Å². The van der Waals surface area contributed by atoms with E-state index in [0.717, 1.165) is 61.6 Å². The molecule has 138 valence electrons. The van der Waals surface area contributed by atoms with Crippen molar-refractivity contribution in [2.24, 2.45) is 0 Å². The molecule has 0 radical (unpaired) electrons. The number of pyridine rings is 1. The summed E-state index contributed by atoms with van der Waals surface area (Å²) < 4.78 is 0. The number of piperazine rings is 1. The molecular formula is C21H28N4O. The molecule has 0 unspecified atom stereocenters. The molecule has 1 N–H and O–H groups in total. The fourth-order valence-electron chi connectivity index (χ4n) is 3.44. The minimum Gasteiger partial charge on any atom is -0.369 e. The summed E-state index contributed by atoms with van der Waals surface area (Å²) >= 11 is 0. The Labute approximate surface area is 156 Å². The lowest BCUT2D eigenvalue weighted by Crippen LogP contribution is -2.46. The first-order valence-corrected chi connectivity index (χ1v) is 9.45. The van der Waals surface area contributed by atoms with E-state index in [2.05, 4.69) is 40.0 Å². The number of rotatable bonds is 5. The smallest absolute Gasteiger partial charge is 0.274 e. The third-order valence-corrected chi connectivity index (χ3v) is 5.14. The average molecular weight is 352 g/mol. The summed E-state index contributed by atoms with van der Waals surface area (Å²) in [6, 6.07) is 9.99. The molecule has 1 amide bonds. The average Bonchev–Trinajstić information content (AvgIpc) is 2.69. The number of carbonyl (C=O) groups excluding carboxylic acids is 1. The molecule has 0 spiro atoms. The van der Waals surface area contributed by atoms with Gasteiger partial charge in [-0.2, -0.15) is 0 Å². The highest BCUT2D eigenvalue weighted by molar-refractivity contribution is 6.04. The summed E-state index contributed by atoms with van der Waals surface area (Å²) in [6.45, 7) is 11.5. The lowest BCUT2D eigenvalue weighted by Gasteiger charge is -2.35. The SMILES string of the molecule is CCc1cccc(C)c1NC(=O)c1cc(N2CCN(CC)CC2)ccn1. The van der Waals surface area contributed by atoms with Crippen molar-refractivity contribution in [3.05, 3.63) is 53.3 Å². The van der Waals surface area contributed by atoms with Crippen molar-refractivity contribution in [1.82, 2.24) is 9.88 Å². The number of nitrogens with zero attached hydrogens (tertiary/aromatic N) is 3. The van der Waals surface area contributed by atoms with E-state index in [4.69, 9.17) is 0 Å². The van der Waals surface area contributed by atoms with Gasteiger partial charge >= 0.3 is 0 Å². The van der Waals surface area contributed by atoms with Crippen LogP contribution in [0.4, 0.5) is 11.4 Å². The molecule has 0 aliphatic carbocycles. The Kier molecular flexibility index (Phi) is 5.89. The minimum atomic E-state index is -0.150. The lowest BCUT2D eigenvalue weighted by molar-refractivity contribution is 0.102. The highest BCUT2D eigenvalue weighted by Gasteiger charge is 2.18. The topological polar surface area (TPSA) is 48.5 Å². The summed E-state index contributed by atoms with van der Waals surface area (Å²) in [6.07, 6.45) is 2.61. The van der Waals surface area contributed by atoms with Gasteiger partial charge in [0.2, 0.25) is 0 Å². The molecule has 0 atom stereocenters. The van der Waals surface area contributed by atoms with Crippen LogP contribution in [0.2, 0.25) is 0 Å². The normalized spacial score (nSPS) is 15.1. The Morgan fingerprint density at radius 2 is 1.92 bits per heavy atom. The Bertz CT molecular complexity index is 766. The summed E-state index contributed by atoms with van der Waals surface area (Å²) in [5.41, 5.74) is 4.66. The molecule has 3 rings (SSSR count). The molecule has 1 aromatic carbocycles. The van der Waals surface area contributed by atoms with Crippen LogP contribution in [0.15, 0.2) is 36.5 Å². The molecule has 1 aliphatic heterocycles. The predicted molar refractivity (Wildman–Crippen MR) is 107 cm³/mol. The Morgan fingerprint density at radius 1 is 1.15 bits per heavy atom. The van der Waals surface area contributed by atoms with Gasteiger partial charge < -0.3 is 15.1 Å². The number of hydrogen-bond donors (Lipinski definition) is 1. The van der Waals surface area contributed by atoms with Gasteiger partial charge in [-0.3, -0.25) is 9.78 Å². The second kappa shape index (κ2) is 8.32. The predicted octanol–water partition coefficient (Wildman–Crippen LogP) is 3.35. The van der Waals surface area contributed by atoms with E-state index in [1.807, 2.05) is 31.2 Å². The number of carbonyl (C=O) groups is 1. The molecule has 1 saturated heterocycles. The van der Waals surface area contributed by atoms with Gasteiger partial charge in [-0.25, -0.2) is 0 Å². The number of likely N-dealkylation sites (N-methyl/N-ethyl adjacent to an activating group) is 1. The second-order valence-electron chi connectivity index (χ2n) is 6.74. The first-order valence-electron chi connectivity index (χ1n) is 9.45. The van der Waals surface area contributed by atoms with Crippen molar-refractivity contribution in [1.29, 1.82) is 0 Å². The number of nitrogens with one attached hydrogen (secondary N) is 1. The van der Waals surface area contributed by atoms with Crippen LogP contribution in [-0.4, -0.2) is 48.5 Å². The number of hydrogen-bond acceptors (Lipinski definition) is 4. The first-order chi connectivity index (χ1) is 12.6. The fourth-order valence-corrected chi connectivity index (χ4v) is 3.44. The molecule has 5 nitrogen and oxygen atoms in total. The molecule has 0 saturated carbocycles. The van der Waals surface area contributed by atoms with Crippen LogP contribution < -0.4 is 10.2 Å². The Morgan fingerprint density at radius 3 is 2.62 bits per heavy atom. The molecule has 26 heavy (non-hydrogen) atoms. The Balaban J connectivity index is 1.75. The van der Waals surface area contributed by atoms with Gasteiger partial charge in [0.25, 0.3) is 5.91 Å². The van der Waals surface area contributed by atoms with Gasteiger partial charge in [0.1, 0.15) is 5.69 Å². The molecule has 1 aromatic heterocycles. The highest BCUT2D eigenvalue weighted by atomic mass is 16.1. The molecular weight excluding hydrogens is 324 g/mol. The zero-order valence-corrected chi connectivity index (χ0v) is 16.0. The standard InChI is InChI=1S/C21H28N4O/c1-4-17-8-6-7-16(3)20(17)23-21(26)19-15-18(9-10-22-19)25-13-11-24(5-2)12-14-25/h6-10,15H,4-5,11-14H2,1-3H3,(H,23,26). The molecule has 5 heteroatoms. The number of amides is 1. The van der Waals surface area contributed by atoms with Crippen LogP contribution in [0.25, 0.3) is 0 Å². The van der Waals surface area contributed by atoms with Crippen molar-refractivity contribution >= 4 is 17.3 Å². The first kappa shape index (κ1) is 18.4. The maximum Gasteiger partial charge on any atom is 0.274 e. The molecule has 2 aromatic rings. The third kappa shape index (κ3) is 4.05. The molecule has 1 aliphatic rings. The lowest BCUT2D eigenvalue weighted by atomic mass is 10.1. The summed E-state index contributed by atoms with van der Waals surface area (Å²) in [4.78, 5) is 21.8. The van der Waals surface area contributed by atoms with Gasteiger partial charge in [0.05, 0.1) is 0 Å². The molecule has 2 heterocycles. The van der Waals surface area contributed by atoms with E-state index in [-0.39, 0.29) is 5.91 Å². The quantitative estimate of drug-likeness (QED) is 0.896. The van der Waals surface area contributed by atoms with Crippen LogP contribution >= 0.6 is 0 Å². The maximum absolute atomic E-state index is 12.8. The number of benzene rings is 1. The van der Waals surface area contributed by atoms with E-state index in [1.54, 1.807) is 6.20 Å². The van der Waals surface area contributed by atoms with Crippen molar-refractivity contribution in [3.8, 4) is 0 Å². The van der Waals surface area contributed by atoms with E-state index >= 15 is 0 Å². The highest BCUT2D eigenvalue weighted by Crippen LogP contribution is 2.23. The van der Waals surface area contributed by atoms with E-state index < -0.39 is 0 Å². The maximum atomic E-state index is 12.8. The molecule has 0 bridgehead atoms. The van der Waals surface area contributed by atoms with Crippen molar-refractivity contribution < 1.29 is 4.79 Å². The van der Waals surface area contributed by atoms with Crippen LogP contribution in [0.5, 0.6) is 0 Å². The van der Waals surface area contributed by atoms with E-state index in [0.29, 0.717) is 5.69 Å². The zero-order valence-electron chi connectivity index (χ0n) is 16.0. The van der Waals surface area contributed by atoms with Crippen LogP contribution in [0.1, 0.15) is 35.5 Å². The summed E-state index contributed by atoms with van der Waals surface area (Å²) in [5, 5.41) is 3.06. The van der Waals surface area contributed by atoms with Gasteiger partial charge in [-0.1, -0.05) is 32.0 Å². The largest absolute Gasteiger partial charge is 0.369 e. The van der Waals surface area contributed by atoms with Gasteiger partial charge in [0, 0.05) is 43.8 Å². The Hall–Kier alpha value is -2.40. The number of para-hydroxylation sites is 1. The monoisotopic (exact) mass is 352 g/mol. The number of aromatic nitrogens is 1. The summed E-state index contributed by atoms with van der Waals surface area (Å²) in [5.74, 6) is -0.150.